The molecule has 2 amide bonds. The maximum atomic E-state index is 12.0. The predicted octanol–water partition coefficient (Wildman–Crippen LogP) is 2.47. The van der Waals surface area contributed by atoms with Crippen LogP contribution in [0.15, 0.2) is 60.3 Å². The summed E-state index contributed by atoms with van der Waals surface area (Å²) in [5.41, 5.74) is 3.25. The first-order valence-corrected chi connectivity index (χ1v) is 6.64. The summed E-state index contributed by atoms with van der Waals surface area (Å²) >= 11 is 0. The lowest BCUT2D eigenvalue weighted by molar-refractivity contribution is -0.123. The summed E-state index contributed by atoms with van der Waals surface area (Å²) in [4.78, 5) is 24.0. The third-order valence-electron chi connectivity index (χ3n) is 3.31. The molecule has 0 radical (unpaired) electrons. The van der Waals surface area contributed by atoms with Crippen LogP contribution < -0.4 is 10.6 Å². The summed E-state index contributed by atoms with van der Waals surface area (Å²) in [7, 11) is 0. The van der Waals surface area contributed by atoms with Crippen molar-refractivity contribution in [2.75, 3.05) is 5.32 Å². The van der Waals surface area contributed by atoms with E-state index in [0.29, 0.717) is 5.57 Å². The SMILES string of the molecule is Cc1ccc(C2=C(Nc3ccccc3)C(=O)NC2=O)cc1. The first kappa shape index (κ1) is 13.1. The number of aryl methyl sites for hydroxylation is 1. The van der Waals surface area contributed by atoms with Crippen LogP contribution in [-0.4, -0.2) is 11.8 Å². The fraction of sp³-hybridized carbons (Fsp3) is 0.0588. The average Bonchev–Trinajstić information content (AvgIpc) is 2.76. The predicted molar refractivity (Wildman–Crippen MR) is 81.3 cm³/mol. The van der Waals surface area contributed by atoms with Gasteiger partial charge in [0, 0.05) is 5.69 Å². The van der Waals surface area contributed by atoms with Crippen LogP contribution in [0.1, 0.15) is 11.1 Å². The molecule has 0 fully saturated rings. The van der Waals surface area contributed by atoms with Crippen molar-refractivity contribution in [3.05, 3.63) is 71.4 Å². The van der Waals surface area contributed by atoms with Crippen LogP contribution in [0.2, 0.25) is 0 Å². The highest BCUT2D eigenvalue weighted by Crippen LogP contribution is 2.25. The average molecular weight is 278 g/mol. The summed E-state index contributed by atoms with van der Waals surface area (Å²) in [5, 5.41) is 5.37. The van der Waals surface area contributed by atoms with Crippen molar-refractivity contribution < 1.29 is 9.59 Å². The Hall–Kier alpha value is -2.88. The molecule has 104 valence electrons. The number of amides is 2. The molecular weight excluding hydrogens is 264 g/mol. The largest absolute Gasteiger partial charge is 0.350 e. The molecule has 1 aliphatic heterocycles. The Morgan fingerprint density at radius 1 is 0.857 bits per heavy atom. The second-order valence-electron chi connectivity index (χ2n) is 4.89. The molecule has 0 bridgehead atoms. The van der Waals surface area contributed by atoms with Crippen molar-refractivity contribution in [3.63, 3.8) is 0 Å². The van der Waals surface area contributed by atoms with Crippen LogP contribution in [0.3, 0.4) is 0 Å². The number of hydrogen-bond donors (Lipinski definition) is 2. The van der Waals surface area contributed by atoms with Crippen LogP contribution >= 0.6 is 0 Å². The topological polar surface area (TPSA) is 58.2 Å². The van der Waals surface area contributed by atoms with E-state index in [-0.39, 0.29) is 11.6 Å². The molecule has 0 aliphatic carbocycles. The third kappa shape index (κ3) is 2.56. The second kappa shape index (κ2) is 5.25. The van der Waals surface area contributed by atoms with Crippen LogP contribution in [0.4, 0.5) is 5.69 Å². The molecule has 0 aromatic heterocycles. The van der Waals surface area contributed by atoms with Gasteiger partial charge in [0.1, 0.15) is 5.70 Å². The van der Waals surface area contributed by atoms with Crippen molar-refractivity contribution in [2.45, 2.75) is 6.92 Å². The summed E-state index contributed by atoms with van der Waals surface area (Å²) in [6.07, 6.45) is 0. The Morgan fingerprint density at radius 3 is 2.19 bits per heavy atom. The molecule has 0 saturated carbocycles. The van der Waals surface area contributed by atoms with Crippen molar-refractivity contribution in [2.24, 2.45) is 0 Å². The van der Waals surface area contributed by atoms with Crippen molar-refractivity contribution >= 4 is 23.1 Å². The summed E-state index contributed by atoms with van der Waals surface area (Å²) in [6, 6.07) is 16.8. The fourth-order valence-corrected chi connectivity index (χ4v) is 2.24. The number of carbonyl (C=O) groups excluding carboxylic acids is 2. The van der Waals surface area contributed by atoms with E-state index in [1.54, 1.807) is 0 Å². The Balaban J connectivity index is 2.05. The number of imide groups is 1. The lowest BCUT2D eigenvalue weighted by atomic mass is 10.0. The Labute approximate surface area is 122 Å². The molecule has 21 heavy (non-hydrogen) atoms. The van der Waals surface area contributed by atoms with E-state index in [1.165, 1.54) is 0 Å². The van der Waals surface area contributed by atoms with Crippen molar-refractivity contribution in [1.82, 2.24) is 5.32 Å². The zero-order chi connectivity index (χ0) is 14.8. The number of rotatable bonds is 3. The maximum absolute atomic E-state index is 12.0. The second-order valence-corrected chi connectivity index (χ2v) is 4.89. The number of benzene rings is 2. The van der Waals surface area contributed by atoms with Gasteiger partial charge in [0.15, 0.2) is 0 Å². The van der Waals surface area contributed by atoms with Gasteiger partial charge in [-0.2, -0.15) is 0 Å². The number of nitrogens with one attached hydrogen (secondary N) is 2. The van der Waals surface area contributed by atoms with E-state index in [4.69, 9.17) is 0 Å². The summed E-state index contributed by atoms with van der Waals surface area (Å²) < 4.78 is 0. The van der Waals surface area contributed by atoms with Gasteiger partial charge in [-0.1, -0.05) is 48.0 Å². The minimum Gasteiger partial charge on any atom is -0.350 e. The lowest BCUT2D eigenvalue weighted by Crippen LogP contribution is -2.24. The van der Waals surface area contributed by atoms with Gasteiger partial charge in [-0.05, 0) is 24.6 Å². The number of hydrogen-bond acceptors (Lipinski definition) is 3. The molecule has 3 rings (SSSR count). The molecule has 4 heteroatoms. The molecule has 0 unspecified atom stereocenters. The van der Waals surface area contributed by atoms with Crippen LogP contribution in [0.25, 0.3) is 5.57 Å². The third-order valence-corrected chi connectivity index (χ3v) is 3.31. The van der Waals surface area contributed by atoms with Gasteiger partial charge >= 0.3 is 0 Å². The number of carbonyl (C=O) groups is 2. The van der Waals surface area contributed by atoms with E-state index in [9.17, 15) is 9.59 Å². The van der Waals surface area contributed by atoms with Gasteiger partial charge in [-0.15, -0.1) is 0 Å². The minimum atomic E-state index is -0.403. The standard InChI is InChI=1S/C17H14N2O2/c1-11-7-9-12(10-8-11)14-15(17(21)19-16(14)20)18-13-5-3-2-4-6-13/h2-10H,1H3,(H2,18,19,20,21). The van der Waals surface area contributed by atoms with E-state index in [2.05, 4.69) is 10.6 Å². The van der Waals surface area contributed by atoms with E-state index in [0.717, 1.165) is 16.8 Å². The number of anilines is 1. The molecular formula is C17H14N2O2. The maximum Gasteiger partial charge on any atom is 0.275 e. The van der Waals surface area contributed by atoms with E-state index >= 15 is 0 Å². The molecule has 2 N–H and O–H groups in total. The normalized spacial score (nSPS) is 14.3. The molecule has 0 spiro atoms. The van der Waals surface area contributed by atoms with Crippen LogP contribution in [0.5, 0.6) is 0 Å². The zero-order valence-corrected chi connectivity index (χ0v) is 11.5. The highest BCUT2D eigenvalue weighted by atomic mass is 16.2. The summed E-state index contributed by atoms with van der Waals surface area (Å²) in [5.74, 6) is -0.776. The van der Waals surface area contributed by atoms with Crippen molar-refractivity contribution in [3.8, 4) is 0 Å². The Kier molecular flexibility index (Phi) is 3.28. The molecule has 1 heterocycles. The lowest BCUT2D eigenvalue weighted by Gasteiger charge is -2.08. The smallest absolute Gasteiger partial charge is 0.275 e. The van der Waals surface area contributed by atoms with Gasteiger partial charge in [0.05, 0.1) is 5.57 Å². The molecule has 0 atom stereocenters. The quantitative estimate of drug-likeness (QED) is 0.848. The van der Waals surface area contributed by atoms with Gasteiger partial charge in [-0.3, -0.25) is 14.9 Å². The highest BCUT2D eigenvalue weighted by Gasteiger charge is 2.31. The Bertz CT molecular complexity index is 731. The molecule has 2 aromatic rings. The Morgan fingerprint density at radius 2 is 1.52 bits per heavy atom. The van der Waals surface area contributed by atoms with E-state index < -0.39 is 5.91 Å². The first-order chi connectivity index (χ1) is 10.1. The first-order valence-electron chi connectivity index (χ1n) is 6.64. The molecule has 2 aromatic carbocycles. The van der Waals surface area contributed by atoms with Gasteiger partial charge < -0.3 is 5.32 Å². The minimum absolute atomic E-state index is 0.287. The molecule has 0 saturated heterocycles. The zero-order valence-electron chi connectivity index (χ0n) is 11.5. The van der Waals surface area contributed by atoms with Crippen molar-refractivity contribution in [1.29, 1.82) is 0 Å². The fourth-order valence-electron chi connectivity index (χ4n) is 2.24. The number of para-hydroxylation sites is 1. The van der Waals surface area contributed by atoms with Crippen LogP contribution in [-0.2, 0) is 9.59 Å². The molecule has 4 nitrogen and oxygen atoms in total. The molecule has 1 aliphatic rings. The monoisotopic (exact) mass is 278 g/mol. The summed E-state index contributed by atoms with van der Waals surface area (Å²) in [6.45, 7) is 1.97. The van der Waals surface area contributed by atoms with Gasteiger partial charge in [0.2, 0.25) is 0 Å². The van der Waals surface area contributed by atoms with Gasteiger partial charge in [0.25, 0.3) is 11.8 Å². The van der Waals surface area contributed by atoms with E-state index in [1.807, 2.05) is 61.5 Å². The van der Waals surface area contributed by atoms with Crippen LogP contribution in [0, 0.1) is 6.92 Å². The highest BCUT2D eigenvalue weighted by molar-refractivity contribution is 6.36. The van der Waals surface area contributed by atoms with Gasteiger partial charge in [-0.25, -0.2) is 0 Å².